The van der Waals surface area contributed by atoms with Gasteiger partial charge >= 0.3 is 0 Å². The number of oxime groups is 1. The highest BCUT2D eigenvalue weighted by molar-refractivity contribution is 5.81. The first-order valence-electron chi connectivity index (χ1n) is 11.7. The first kappa shape index (κ1) is 26.1. The molecule has 190 valence electrons. The van der Waals surface area contributed by atoms with E-state index in [-0.39, 0.29) is 11.9 Å². The van der Waals surface area contributed by atoms with Gasteiger partial charge in [-0.15, -0.1) is 0 Å². The number of nitrogens with two attached hydrogens (primary N) is 1. The number of nitrogens with zero attached hydrogens (tertiary/aromatic N) is 6. The number of ether oxygens (including phenoxy) is 2. The van der Waals surface area contributed by atoms with E-state index in [4.69, 9.17) is 20.0 Å². The summed E-state index contributed by atoms with van der Waals surface area (Å²) >= 11 is 0. The molecule has 1 aliphatic heterocycles. The Morgan fingerprint density at radius 2 is 2.09 bits per heavy atom. The number of fused-ring (bicyclic) bond motifs is 1. The summed E-state index contributed by atoms with van der Waals surface area (Å²) in [6.07, 6.45) is 0.208. The summed E-state index contributed by atoms with van der Waals surface area (Å²) in [5.41, 5.74) is 6.83. The van der Waals surface area contributed by atoms with Crippen molar-refractivity contribution in [2.75, 3.05) is 32.5 Å². The zero-order valence-electron chi connectivity index (χ0n) is 20.6. The van der Waals surface area contributed by atoms with Crippen LogP contribution in [0.2, 0.25) is 0 Å². The fraction of sp³-hybridized carbons (Fsp3) is 0.727. The summed E-state index contributed by atoms with van der Waals surface area (Å²) < 4.78 is 13.0. The third kappa shape index (κ3) is 5.93. The summed E-state index contributed by atoms with van der Waals surface area (Å²) in [4.78, 5) is 20.1. The first-order chi connectivity index (χ1) is 16.2. The minimum Gasteiger partial charge on any atom is -0.479 e. The Morgan fingerprint density at radius 3 is 2.82 bits per heavy atom. The lowest BCUT2D eigenvalue weighted by Gasteiger charge is -2.27. The predicted molar refractivity (Wildman–Crippen MR) is 127 cm³/mol. The van der Waals surface area contributed by atoms with Crippen LogP contribution in [0.3, 0.4) is 0 Å². The number of unbranched alkanes of at least 4 members (excludes halogenated alkanes) is 1. The largest absolute Gasteiger partial charge is 0.479 e. The van der Waals surface area contributed by atoms with E-state index < -0.39 is 24.5 Å². The number of hydrogen-bond acceptors (Lipinski definition) is 11. The van der Waals surface area contributed by atoms with E-state index in [0.717, 1.165) is 19.4 Å². The quantitative estimate of drug-likeness (QED) is 0.185. The minimum atomic E-state index is -1.12. The van der Waals surface area contributed by atoms with Gasteiger partial charge in [-0.3, -0.25) is 4.57 Å². The van der Waals surface area contributed by atoms with E-state index in [9.17, 15) is 10.2 Å². The maximum atomic E-state index is 10.8. The number of nitrogen functional groups attached to an aromatic ring is 1. The van der Waals surface area contributed by atoms with Crippen molar-refractivity contribution < 1.29 is 24.5 Å². The van der Waals surface area contributed by atoms with Crippen LogP contribution in [0.15, 0.2) is 11.5 Å². The molecule has 12 nitrogen and oxygen atoms in total. The Bertz CT molecular complexity index is 969. The molecule has 4 N–H and O–H groups in total. The van der Waals surface area contributed by atoms with Crippen molar-refractivity contribution in [2.45, 2.75) is 77.5 Å². The molecule has 1 saturated heterocycles. The number of aryl methyl sites for hydroxylation is 1. The average molecular weight is 480 g/mol. The fourth-order valence-corrected chi connectivity index (χ4v) is 4.11. The second-order valence-electron chi connectivity index (χ2n) is 8.66. The van der Waals surface area contributed by atoms with Crippen molar-refractivity contribution in [3.63, 3.8) is 0 Å². The van der Waals surface area contributed by atoms with Gasteiger partial charge in [0.1, 0.15) is 31.0 Å². The van der Waals surface area contributed by atoms with Crippen LogP contribution in [0.4, 0.5) is 5.82 Å². The SMILES string of the molecule is CCO/C(C)=N\OCCCCN(C)C(C)C[C@H]1O[C@@H](n2c(C)nc3c(N)ncnc32)[C@H](O)[C@@H]1O. The maximum Gasteiger partial charge on any atom is 0.222 e. The molecule has 0 aromatic carbocycles. The van der Waals surface area contributed by atoms with Gasteiger partial charge in [-0.05, 0) is 53.6 Å². The Hall–Kier alpha value is -2.54. The van der Waals surface area contributed by atoms with E-state index >= 15 is 0 Å². The number of aliphatic hydroxyl groups excluding tert-OH is 2. The molecule has 0 saturated carbocycles. The van der Waals surface area contributed by atoms with Crippen LogP contribution >= 0.6 is 0 Å². The molecule has 34 heavy (non-hydrogen) atoms. The lowest BCUT2D eigenvalue weighted by atomic mass is 10.0. The van der Waals surface area contributed by atoms with E-state index in [0.29, 0.717) is 42.5 Å². The summed E-state index contributed by atoms with van der Waals surface area (Å²) in [5.74, 6) is 1.36. The van der Waals surface area contributed by atoms with Crippen molar-refractivity contribution in [1.82, 2.24) is 24.4 Å². The molecule has 0 spiro atoms. The standard InChI is InChI=1S/C22H37N7O5/c1-6-32-15(4)27-33-10-8-7-9-28(5)13(2)11-16-18(30)19(31)22(34-16)29-14(3)26-17-20(23)24-12-25-21(17)29/h12-13,16,18-19,22,30-31H,6-11H2,1-5H3,(H2,23,24,25)/b27-15-/t13?,16-,18-,19-,22-/m1/s1. The van der Waals surface area contributed by atoms with Gasteiger partial charge < -0.3 is 35.2 Å². The highest BCUT2D eigenvalue weighted by Gasteiger charge is 2.45. The molecule has 1 fully saturated rings. The molecule has 1 aliphatic rings. The second kappa shape index (κ2) is 11.7. The van der Waals surface area contributed by atoms with E-state index in [2.05, 4.69) is 31.9 Å². The normalized spacial score (nSPS) is 24.2. The number of imidazole rings is 1. The third-order valence-corrected chi connectivity index (χ3v) is 6.14. The first-order valence-corrected chi connectivity index (χ1v) is 11.7. The van der Waals surface area contributed by atoms with Gasteiger partial charge in [0.2, 0.25) is 5.90 Å². The molecule has 2 aromatic rings. The van der Waals surface area contributed by atoms with Crippen LogP contribution in [0.5, 0.6) is 0 Å². The lowest BCUT2D eigenvalue weighted by Crippen LogP contribution is -2.38. The lowest BCUT2D eigenvalue weighted by molar-refractivity contribution is -0.0437. The number of rotatable bonds is 11. The van der Waals surface area contributed by atoms with Gasteiger partial charge in [0.05, 0.1) is 12.7 Å². The van der Waals surface area contributed by atoms with E-state index in [1.54, 1.807) is 18.4 Å². The molecule has 5 atom stereocenters. The van der Waals surface area contributed by atoms with Gasteiger partial charge in [0.15, 0.2) is 23.2 Å². The topological polar surface area (TPSA) is 153 Å². The van der Waals surface area contributed by atoms with Crippen LogP contribution < -0.4 is 5.73 Å². The van der Waals surface area contributed by atoms with E-state index in [1.807, 2.05) is 14.0 Å². The van der Waals surface area contributed by atoms with Gasteiger partial charge in [-0.25, -0.2) is 15.0 Å². The Labute approximate surface area is 199 Å². The zero-order valence-corrected chi connectivity index (χ0v) is 20.6. The molecule has 1 unspecified atom stereocenters. The molecular formula is C22H37N7O5. The Morgan fingerprint density at radius 1 is 1.32 bits per heavy atom. The van der Waals surface area contributed by atoms with Crippen LogP contribution in [0, 0.1) is 6.92 Å². The second-order valence-corrected chi connectivity index (χ2v) is 8.66. The smallest absolute Gasteiger partial charge is 0.222 e. The van der Waals surface area contributed by atoms with Crippen LogP contribution in [0.25, 0.3) is 11.2 Å². The number of anilines is 1. The van der Waals surface area contributed by atoms with Gasteiger partial charge in [-0.2, -0.15) is 0 Å². The Kier molecular flexibility index (Phi) is 9.00. The third-order valence-electron chi connectivity index (χ3n) is 6.14. The van der Waals surface area contributed by atoms with Crippen molar-refractivity contribution in [3.8, 4) is 0 Å². The molecule has 0 amide bonds. The zero-order chi connectivity index (χ0) is 24.8. The average Bonchev–Trinajstić information content (AvgIpc) is 3.27. The van der Waals surface area contributed by atoms with Gasteiger partial charge in [-0.1, -0.05) is 5.16 Å². The van der Waals surface area contributed by atoms with Gasteiger partial charge in [0, 0.05) is 13.0 Å². The fourth-order valence-electron chi connectivity index (χ4n) is 4.11. The van der Waals surface area contributed by atoms with E-state index in [1.165, 1.54) is 6.33 Å². The van der Waals surface area contributed by atoms with Crippen molar-refractivity contribution in [1.29, 1.82) is 0 Å². The van der Waals surface area contributed by atoms with Crippen LogP contribution in [0.1, 0.15) is 52.1 Å². The molecule has 0 bridgehead atoms. The summed E-state index contributed by atoms with van der Waals surface area (Å²) in [5, 5.41) is 25.4. The summed E-state index contributed by atoms with van der Waals surface area (Å²) in [6, 6.07) is 0.128. The molecular weight excluding hydrogens is 442 g/mol. The molecule has 12 heteroatoms. The summed E-state index contributed by atoms with van der Waals surface area (Å²) in [6.45, 7) is 9.47. The van der Waals surface area contributed by atoms with Crippen molar-refractivity contribution in [3.05, 3.63) is 12.2 Å². The van der Waals surface area contributed by atoms with Crippen molar-refractivity contribution in [2.24, 2.45) is 5.16 Å². The molecule has 0 radical (unpaired) electrons. The number of aromatic nitrogens is 4. The maximum absolute atomic E-state index is 10.8. The van der Waals surface area contributed by atoms with Crippen LogP contribution in [-0.2, 0) is 14.3 Å². The monoisotopic (exact) mass is 479 g/mol. The van der Waals surface area contributed by atoms with Gasteiger partial charge in [0.25, 0.3) is 0 Å². The predicted octanol–water partition coefficient (Wildman–Crippen LogP) is 1.21. The highest BCUT2D eigenvalue weighted by atomic mass is 16.6. The summed E-state index contributed by atoms with van der Waals surface area (Å²) in [7, 11) is 2.03. The molecule has 3 heterocycles. The Balaban J connectivity index is 1.52. The van der Waals surface area contributed by atoms with Crippen molar-refractivity contribution >= 4 is 22.9 Å². The number of aliphatic hydroxyl groups is 2. The molecule has 2 aromatic heterocycles. The minimum absolute atomic E-state index is 0.128. The highest BCUT2D eigenvalue weighted by Crippen LogP contribution is 2.35. The molecule has 3 rings (SSSR count). The molecule has 0 aliphatic carbocycles. The number of hydrogen-bond donors (Lipinski definition) is 3. The van der Waals surface area contributed by atoms with Crippen LogP contribution in [-0.4, -0.2) is 91.7 Å².